The van der Waals surface area contributed by atoms with Gasteiger partial charge in [-0.3, -0.25) is 4.98 Å². The molecule has 98 valence electrons. The third-order valence-electron chi connectivity index (χ3n) is 2.56. The number of nitrogens with zero attached hydrogens (tertiary/aromatic N) is 1. The maximum atomic E-state index is 9.56. The maximum absolute atomic E-state index is 9.56. The van der Waals surface area contributed by atoms with Crippen LogP contribution in [0.5, 0.6) is 5.75 Å². The van der Waals surface area contributed by atoms with Gasteiger partial charge in [0.2, 0.25) is 0 Å². The van der Waals surface area contributed by atoms with E-state index in [1.54, 1.807) is 18.5 Å². The van der Waals surface area contributed by atoms with E-state index < -0.39 is 0 Å². The molecule has 2 nitrogen and oxygen atoms in total. The molecule has 0 radical (unpaired) electrons. The van der Waals surface area contributed by atoms with E-state index in [9.17, 15) is 5.11 Å². The Bertz CT molecular complexity index is 583. The molecule has 3 rings (SSSR count). The van der Waals surface area contributed by atoms with Crippen molar-refractivity contribution in [2.24, 2.45) is 0 Å². The smallest absolute Gasteiger partial charge is 1.00 e. The Morgan fingerprint density at radius 1 is 0.700 bits per heavy atom. The summed E-state index contributed by atoms with van der Waals surface area (Å²) in [6, 6.07) is 22.9. The Balaban J connectivity index is 0. The van der Waals surface area contributed by atoms with Gasteiger partial charge in [-0.25, -0.2) is 0 Å². The fourth-order valence-electron chi connectivity index (χ4n) is 1.65. The van der Waals surface area contributed by atoms with Crippen LogP contribution in [0.25, 0.3) is 11.1 Å². The number of rotatable bonds is 1. The number of pyridine rings is 1. The Morgan fingerprint density at radius 3 is 1.75 bits per heavy atom. The molecule has 1 aromatic heterocycles. The molecular formula is C17H17BeNO. The van der Waals surface area contributed by atoms with Crippen LogP contribution in [0.1, 0.15) is 2.85 Å². The van der Waals surface area contributed by atoms with Crippen molar-refractivity contribution in [3.05, 3.63) is 85.2 Å². The Labute approximate surface area is 125 Å². The van der Waals surface area contributed by atoms with Gasteiger partial charge in [-0.2, -0.15) is 0 Å². The quantitative estimate of drug-likeness (QED) is 0.671. The van der Waals surface area contributed by atoms with Gasteiger partial charge in [-0.1, -0.05) is 54.6 Å². The molecule has 0 bridgehead atoms. The monoisotopic (exact) mass is 260 g/mol. The molecule has 2 aromatic carbocycles. The van der Waals surface area contributed by atoms with E-state index in [1.807, 2.05) is 66.7 Å². The standard InChI is InChI=1S/C12H10O.C5H5N.Be.2H/c13-12-9-5-4-8-11(12)10-6-2-1-3-7-10;1-2-4-6-5-3-1;;;/h1-9,13H;1-5H;;;/q;;+2;2*-1. The minimum absolute atomic E-state index is 0. The molecular weight excluding hydrogens is 243 g/mol. The van der Waals surface area contributed by atoms with Crippen LogP contribution in [0.4, 0.5) is 0 Å². The van der Waals surface area contributed by atoms with Crippen LogP contribution in [0, 0.1) is 0 Å². The predicted molar refractivity (Wildman–Crippen MR) is 85.8 cm³/mol. The summed E-state index contributed by atoms with van der Waals surface area (Å²) in [4.78, 5) is 3.78. The average Bonchev–Trinajstić information content (AvgIpc) is 2.51. The van der Waals surface area contributed by atoms with Crippen molar-refractivity contribution in [3.63, 3.8) is 0 Å². The van der Waals surface area contributed by atoms with E-state index in [-0.39, 0.29) is 13.0 Å². The summed E-state index contributed by atoms with van der Waals surface area (Å²) in [6.45, 7) is 0. The fraction of sp³-hybridized carbons (Fsp3) is 0. The zero-order valence-corrected chi connectivity index (χ0v) is 11.2. The number of para-hydroxylation sites is 1. The van der Waals surface area contributed by atoms with Crippen molar-refractivity contribution >= 4 is 10.1 Å². The molecule has 3 aromatic rings. The summed E-state index contributed by atoms with van der Waals surface area (Å²) in [5.41, 5.74) is 1.92. The van der Waals surface area contributed by atoms with Crippen molar-refractivity contribution in [2.45, 2.75) is 0 Å². The molecule has 3 heteroatoms. The molecule has 1 heterocycles. The zero-order chi connectivity index (χ0) is 13.3. The van der Waals surface area contributed by atoms with E-state index >= 15 is 0 Å². The summed E-state index contributed by atoms with van der Waals surface area (Å²) in [7, 11) is 0. The topological polar surface area (TPSA) is 33.1 Å². The first-order chi connectivity index (χ1) is 9.38. The first-order valence-corrected chi connectivity index (χ1v) is 6.06. The predicted octanol–water partition coefficient (Wildman–Crippen LogP) is 3.99. The molecule has 0 fully saturated rings. The molecule has 0 aliphatic heterocycles. The van der Waals surface area contributed by atoms with Gasteiger partial charge in [0.25, 0.3) is 0 Å². The van der Waals surface area contributed by atoms with Gasteiger partial charge >= 0.3 is 10.1 Å². The fourth-order valence-corrected chi connectivity index (χ4v) is 1.65. The van der Waals surface area contributed by atoms with E-state index in [4.69, 9.17) is 0 Å². The SMILES string of the molecule is Oc1ccccc1-c1ccccc1.[Be+2].[H-].[H-].c1ccncc1. The van der Waals surface area contributed by atoms with Gasteiger partial charge in [0.1, 0.15) is 5.75 Å². The van der Waals surface area contributed by atoms with Crippen molar-refractivity contribution in [3.8, 4) is 16.9 Å². The molecule has 1 N–H and O–H groups in total. The molecule has 0 saturated carbocycles. The number of hydrogen-bond acceptors (Lipinski definition) is 2. The summed E-state index contributed by atoms with van der Waals surface area (Å²) in [5, 5.41) is 9.56. The second-order valence-electron chi connectivity index (χ2n) is 3.91. The van der Waals surface area contributed by atoms with Crippen LogP contribution < -0.4 is 0 Å². The third kappa shape index (κ3) is 4.68. The summed E-state index contributed by atoms with van der Waals surface area (Å²) >= 11 is 0. The first kappa shape index (κ1) is 15.6. The van der Waals surface area contributed by atoms with Gasteiger partial charge in [-0.05, 0) is 23.8 Å². The maximum Gasteiger partial charge on any atom is 2.00 e. The average molecular weight is 260 g/mol. The zero-order valence-electron chi connectivity index (χ0n) is 13.2. The number of phenols is 1. The Morgan fingerprint density at radius 2 is 1.25 bits per heavy atom. The van der Waals surface area contributed by atoms with Crippen LogP contribution >= 0.6 is 0 Å². The molecule has 0 amide bonds. The van der Waals surface area contributed by atoms with Crippen LogP contribution in [-0.4, -0.2) is 20.2 Å². The molecule has 0 saturated heterocycles. The Kier molecular flexibility index (Phi) is 6.73. The van der Waals surface area contributed by atoms with Gasteiger partial charge < -0.3 is 7.96 Å². The number of hydrogen-bond donors (Lipinski definition) is 1. The molecule has 0 spiro atoms. The molecule has 0 atom stereocenters. The van der Waals surface area contributed by atoms with Crippen molar-refractivity contribution in [1.29, 1.82) is 0 Å². The number of aromatic nitrogens is 1. The summed E-state index contributed by atoms with van der Waals surface area (Å²) in [6.07, 6.45) is 3.50. The molecule has 0 unspecified atom stereocenters. The van der Waals surface area contributed by atoms with Gasteiger partial charge in [0, 0.05) is 18.0 Å². The first-order valence-electron chi connectivity index (χ1n) is 6.06. The van der Waals surface area contributed by atoms with Gasteiger partial charge in [0.05, 0.1) is 0 Å². The van der Waals surface area contributed by atoms with Crippen molar-refractivity contribution < 1.29 is 7.96 Å². The second-order valence-corrected chi connectivity index (χ2v) is 3.91. The summed E-state index contributed by atoms with van der Waals surface area (Å²) < 4.78 is 0. The normalized spacial score (nSPS) is 8.80. The van der Waals surface area contributed by atoms with E-state index in [1.165, 1.54) is 0 Å². The largest absolute Gasteiger partial charge is 2.00 e. The van der Waals surface area contributed by atoms with Crippen molar-refractivity contribution in [2.75, 3.05) is 0 Å². The number of aromatic hydroxyl groups is 1. The van der Waals surface area contributed by atoms with Crippen LogP contribution in [0.3, 0.4) is 0 Å². The van der Waals surface area contributed by atoms with Crippen LogP contribution in [0.2, 0.25) is 0 Å². The van der Waals surface area contributed by atoms with E-state index in [0.717, 1.165) is 11.1 Å². The minimum atomic E-state index is 0. The number of phenolic OH excluding ortho intramolecular Hbond substituents is 1. The van der Waals surface area contributed by atoms with Crippen LogP contribution in [-0.2, 0) is 0 Å². The second kappa shape index (κ2) is 8.62. The Hall–Kier alpha value is -2.44. The van der Waals surface area contributed by atoms with Gasteiger partial charge in [-0.15, -0.1) is 0 Å². The summed E-state index contributed by atoms with van der Waals surface area (Å²) in [5.74, 6) is 0.328. The molecule has 0 aliphatic rings. The third-order valence-corrected chi connectivity index (χ3v) is 2.56. The minimum Gasteiger partial charge on any atom is -1.00 e. The van der Waals surface area contributed by atoms with E-state index in [0.29, 0.717) is 5.75 Å². The van der Waals surface area contributed by atoms with Crippen molar-refractivity contribution in [1.82, 2.24) is 4.98 Å². The molecule has 0 aliphatic carbocycles. The van der Waals surface area contributed by atoms with E-state index in [2.05, 4.69) is 4.98 Å². The molecule has 20 heavy (non-hydrogen) atoms. The van der Waals surface area contributed by atoms with Gasteiger partial charge in [0.15, 0.2) is 0 Å². The number of benzene rings is 2. The van der Waals surface area contributed by atoms with Crippen LogP contribution in [0.15, 0.2) is 85.2 Å².